The molecule has 0 unspecified atom stereocenters. The summed E-state index contributed by atoms with van der Waals surface area (Å²) in [6, 6.07) is 8.12. The number of aliphatic carboxylic acids is 1. The van der Waals surface area contributed by atoms with E-state index < -0.39 is 5.97 Å². The zero-order valence-electron chi connectivity index (χ0n) is 20.6. The highest BCUT2D eigenvalue weighted by Crippen LogP contribution is 2.32. The molecule has 1 aliphatic rings. The lowest BCUT2D eigenvalue weighted by Gasteiger charge is -2.38. The second kappa shape index (κ2) is 11.9. The molecule has 0 aliphatic carbocycles. The maximum Gasteiger partial charge on any atom is 0.303 e. The average Bonchev–Trinajstić information content (AvgIpc) is 3.28. The van der Waals surface area contributed by atoms with Gasteiger partial charge in [0.05, 0.1) is 19.2 Å². The molecule has 0 bridgehead atoms. The number of ether oxygens (including phenoxy) is 1. The van der Waals surface area contributed by atoms with Gasteiger partial charge in [-0.05, 0) is 86.2 Å². The van der Waals surface area contributed by atoms with Gasteiger partial charge in [0.2, 0.25) is 0 Å². The molecule has 35 heavy (non-hydrogen) atoms. The summed E-state index contributed by atoms with van der Waals surface area (Å²) in [5.74, 6) is 8.21. The maximum atomic E-state index is 11.3. The number of carbonyl (C=O) groups is 1. The van der Waals surface area contributed by atoms with Crippen molar-refractivity contribution >= 4 is 16.9 Å². The fraction of sp³-hybridized carbons (Fsp3) is 0.464. The normalized spacial score (nSPS) is 18.2. The number of rotatable bonds is 9. The number of piperidine rings is 1. The number of likely N-dealkylation sites (tertiary alicyclic amines) is 1. The maximum absolute atomic E-state index is 11.3. The summed E-state index contributed by atoms with van der Waals surface area (Å²) in [4.78, 5) is 22.4. The third-order valence-electron chi connectivity index (χ3n) is 7.09. The highest BCUT2D eigenvalue weighted by Gasteiger charge is 2.29. The van der Waals surface area contributed by atoms with Gasteiger partial charge in [-0.15, -0.1) is 0 Å². The number of pyridine rings is 1. The van der Waals surface area contributed by atoms with Crippen LogP contribution in [0, 0.1) is 23.7 Å². The molecule has 1 N–H and O–H groups in total. The van der Waals surface area contributed by atoms with Gasteiger partial charge in [0.15, 0.2) is 5.82 Å². The summed E-state index contributed by atoms with van der Waals surface area (Å²) >= 11 is 0. The minimum Gasteiger partial charge on any atom is -0.497 e. The topological polar surface area (TPSA) is 80.5 Å². The van der Waals surface area contributed by atoms with Crippen molar-refractivity contribution in [2.75, 3.05) is 26.7 Å². The van der Waals surface area contributed by atoms with Crippen LogP contribution in [-0.4, -0.2) is 57.3 Å². The van der Waals surface area contributed by atoms with Crippen molar-refractivity contribution in [3.63, 3.8) is 0 Å². The molecule has 0 spiro atoms. The monoisotopic (exact) mass is 474 g/mol. The van der Waals surface area contributed by atoms with E-state index in [-0.39, 0.29) is 6.42 Å². The minimum absolute atomic E-state index is 0.225. The standard InChI is InChI=1S/C28H34N4O3/c1-31-18-15-30-27(31)7-4-16-32-17-13-21(23(20-32)8-11-28(33)34)5-3-6-22-12-14-29-26-10-9-24(35-2)19-25(22)26/h9-10,12,14-15,18-19,21,23H,3,5-6,8,11,13,16-17,20H2,1-2H3,(H,33,34)/t21-,23+/m1/s1. The SMILES string of the molecule is COc1ccc2nccc(CCC[C@@H]3CCN(CC#Cc4nccn4C)C[C@@H]3CCC(=O)O)c2c1. The van der Waals surface area contributed by atoms with Crippen molar-refractivity contribution in [2.24, 2.45) is 18.9 Å². The molecule has 1 aromatic carbocycles. The molecular weight excluding hydrogens is 440 g/mol. The Hall–Kier alpha value is -3.37. The fourth-order valence-corrected chi connectivity index (χ4v) is 5.11. The summed E-state index contributed by atoms with van der Waals surface area (Å²) in [7, 11) is 3.63. The number of methoxy groups -OCH3 is 1. The van der Waals surface area contributed by atoms with Crippen molar-refractivity contribution in [1.82, 2.24) is 19.4 Å². The third-order valence-corrected chi connectivity index (χ3v) is 7.09. The summed E-state index contributed by atoms with van der Waals surface area (Å²) in [6.07, 6.45) is 10.7. The Kier molecular flexibility index (Phi) is 8.38. The molecule has 1 saturated heterocycles. The first-order chi connectivity index (χ1) is 17.0. The molecule has 2 atom stereocenters. The zero-order chi connectivity index (χ0) is 24.6. The second-order valence-electron chi connectivity index (χ2n) is 9.39. The van der Waals surface area contributed by atoms with Gasteiger partial charge >= 0.3 is 5.97 Å². The number of hydrogen-bond acceptors (Lipinski definition) is 5. The van der Waals surface area contributed by atoms with Gasteiger partial charge in [-0.1, -0.05) is 5.92 Å². The van der Waals surface area contributed by atoms with Gasteiger partial charge in [0, 0.05) is 44.0 Å². The Balaban J connectivity index is 1.36. The van der Waals surface area contributed by atoms with Crippen LogP contribution >= 0.6 is 0 Å². The minimum atomic E-state index is -0.715. The van der Waals surface area contributed by atoms with Gasteiger partial charge < -0.3 is 14.4 Å². The number of aromatic nitrogens is 3. The van der Waals surface area contributed by atoms with Crippen LogP contribution in [-0.2, 0) is 18.3 Å². The molecule has 184 valence electrons. The van der Waals surface area contributed by atoms with Gasteiger partial charge in [-0.3, -0.25) is 14.7 Å². The van der Waals surface area contributed by atoms with E-state index in [0.717, 1.165) is 67.7 Å². The van der Waals surface area contributed by atoms with Crippen molar-refractivity contribution < 1.29 is 14.6 Å². The smallest absolute Gasteiger partial charge is 0.303 e. The molecular formula is C28H34N4O3. The van der Waals surface area contributed by atoms with E-state index in [1.807, 2.05) is 36.1 Å². The van der Waals surface area contributed by atoms with Crippen LogP contribution in [0.25, 0.3) is 10.9 Å². The zero-order valence-corrected chi connectivity index (χ0v) is 20.6. The number of carboxylic acid groups (broad SMARTS) is 1. The lowest BCUT2D eigenvalue weighted by molar-refractivity contribution is -0.137. The molecule has 3 heterocycles. The summed E-state index contributed by atoms with van der Waals surface area (Å²) in [5, 5.41) is 10.4. The summed E-state index contributed by atoms with van der Waals surface area (Å²) in [5.41, 5.74) is 2.28. The molecule has 3 aromatic rings. The predicted molar refractivity (Wildman–Crippen MR) is 136 cm³/mol. The van der Waals surface area contributed by atoms with Gasteiger partial charge in [0.25, 0.3) is 0 Å². The van der Waals surface area contributed by atoms with E-state index >= 15 is 0 Å². The molecule has 0 amide bonds. The summed E-state index contributed by atoms with van der Waals surface area (Å²) < 4.78 is 7.32. The first kappa shape index (κ1) is 24.7. The van der Waals surface area contributed by atoms with Crippen molar-refractivity contribution in [3.8, 4) is 17.6 Å². The lowest BCUT2D eigenvalue weighted by atomic mass is 9.79. The van der Waals surface area contributed by atoms with E-state index in [0.29, 0.717) is 18.4 Å². The van der Waals surface area contributed by atoms with Crippen molar-refractivity contribution in [1.29, 1.82) is 0 Å². The lowest BCUT2D eigenvalue weighted by Crippen LogP contribution is -2.41. The van der Waals surface area contributed by atoms with E-state index in [4.69, 9.17) is 4.74 Å². The Morgan fingerprint density at radius 2 is 2.09 bits per heavy atom. The van der Waals surface area contributed by atoms with Crippen LogP contribution < -0.4 is 4.74 Å². The second-order valence-corrected chi connectivity index (χ2v) is 9.39. The van der Waals surface area contributed by atoms with Crippen LogP contribution in [0.4, 0.5) is 0 Å². The Morgan fingerprint density at radius 1 is 1.20 bits per heavy atom. The third kappa shape index (κ3) is 6.61. The highest BCUT2D eigenvalue weighted by molar-refractivity contribution is 5.83. The van der Waals surface area contributed by atoms with E-state index in [2.05, 4.69) is 38.8 Å². The number of carboxylic acids is 1. The number of imidazole rings is 1. The van der Waals surface area contributed by atoms with Crippen LogP contribution in [0.3, 0.4) is 0 Å². The molecule has 4 rings (SSSR count). The molecule has 0 radical (unpaired) electrons. The Bertz CT molecular complexity index is 1210. The van der Waals surface area contributed by atoms with E-state index in [1.54, 1.807) is 13.3 Å². The Morgan fingerprint density at radius 3 is 2.86 bits per heavy atom. The number of nitrogens with zero attached hydrogens (tertiary/aromatic N) is 4. The number of benzene rings is 1. The first-order valence-electron chi connectivity index (χ1n) is 12.4. The predicted octanol–water partition coefficient (Wildman–Crippen LogP) is 4.15. The largest absolute Gasteiger partial charge is 0.497 e. The van der Waals surface area contributed by atoms with Crippen LogP contribution in [0.15, 0.2) is 42.9 Å². The number of aryl methyl sites for hydroxylation is 2. The molecule has 1 aliphatic heterocycles. The summed E-state index contributed by atoms with van der Waals surface area (Å²) in [6.45, 7) is 2.59. The number of fused-ring (bicyclic) bond motifs is 1. The quantitative estimate of drug-likeness (QED) is 0.469. The van der Waals surface area contributed by atoms with Gasteiger partial charge in [-0.25, -0.2) is 4.98 Å². The molecule has 2 aromatic heterocycles. The molecule has 0 saturated carbocycles. The van der Waals surface area contributed by atoms with E-state index in [1.165, 1.54) is 5.56 Å². The van der Waals surface area contributed by atoms with Crippen molar-refractivity contribution in [2.45, 2.75) is 38.5 Å². The molecule has 7 heteroatoms. The van der Waals surface area contributed by atoms with Crippen molar-refractivity contribution in [3.05, 3.63) is 54.2 Å². The fourth-order valence-electron chi connectivity index (χ4n) is 5.11. The van der Waals surface area contributed by atoms with Crippen LogP contribution in [0.5, 0.6) is 5.75 Å². The van der Waals surface area contributed by atoms with Gasteiger partial charge in [-0.2, -0.15) is 0 Å². The average molecular weight is 475 g/mol. The van der Waals surface area contributed by atoms with Gasteiger partial charge in [0.1, 0.15) is 5.75 Å². The highest BCUT2D eigenvalue weighted by atomic mass is 16.5. The van der Waals surface area contributed by atoms with E-state index in [9.17, 15) is 9.90 Å². The molecule has 1 fully saturated rings. The first-order valence-corrected chi connectivity index (χ1v) is 12.4. The molecule has 7 nitrogen and oxygen atoms in total. The Labute approximate surface area is 207 Å². The van der Waals surface area contributed by atoms with Crippen LogP contribution in [0.1, 0.15) is 43.5 Å². The van der Waals surface area contributed by atoms with Crippen LogP contribution in [0.2, 0.25) is 0 Å². The number of hydrogen-bond donors (Lipinski definition) is 1.